The Morgan fingerprint density at radius 2 is 1.88 bits per heavy atom. The fourth-order valence-electron chi connectivity index (χ4n) is 3.18. The average Bonchev–Trinajstić information content (AvgIpc) is 2.85. The number of halogens is 2. The molecule has 0 radical (unpaired) electrons. The fraction of sp³-hybridized carbons (Fsp3) is 0.579. The summed E-state index contributed by atoms with van der Waals surface area (Å²) in [6.07, 6.45) is -1.14. The maximum atomic E-state index is 13.3. The molecule has 1 saturated heterocycles. The minimum Gasteiger partial charge on any atom is -0.443 e. The quantitative estimate of drug-likeness (QED) is 0.883. The number of likely N-dealkylation sites (tertiary alicyclic amines) is 1. The van der Waals surface area contributed by atoms with E-state index in [1.807, 2.05) is 0 Å². The van der Waals surface area contributed by atoms with Gasteiger partial charge in [0.05, 0.1) is 12.1 Å². The number of amides is 2. The first kappa shape index (κ1) is 20.3. The Morgan fingerprint density at radius 1 is 1.31 bits per heavy atom. The van der Waals surface area contributed by atoms with Gasteiger partial charge in [0.2, 0.25) is 5.91 Å². The SMILES string of the molecule is C[C@@H](Cc1cc(F)cc(F)c1)[C@H](O)[C@@H]1CCC(=O)N1C(=O)OC(C)(C)C. The van der Waals surface area contributed by atoms with E-state index in [2.05, 4.69) is 0 Å². The van der Waals surface area contributed by atoms with E-state index in [1.165, 1.54) is 12.1 Å². The van der Waals surface area contributed by atoms with Crippen molar-refractivity contribution >= 4 is 12.0 Å². The lowest BCUT2D eigenvalue weighted by Gasteiger charge is -2.32. The highest BCUT2D eigenvalue weighted by Gasteiger charge is 2.43. The van der Waals surface area contributed by atoms with Crippen LogP contribution < -0.4 is 0 Å². The number of imide groups is 1. The average molecular weight is 369 g/mol. The van der Waals surface area contributed by atoms with Crippen molar-refractivity contribution in [1.29, 1.82) is 0 Å². The predicted molar refractivity (Wildman–Crippen MR) is 91.3 cm³/mol. The van der Waals surface area contributed by atoms with Gasteiger partial charge in [-0.2, -0.15) is 0 Å². The second-order valence-corrected chi connectivity index (χ2v) is 7.80. The standard InChI is InChI=1S/C19H25F2NO4/c1-11(7-12-8-13(20)10-14(21)9-12)17(24)15-5-6-16(23)22(15)18(25)26-19(2,3)4/h8-11,15,17,24H,5-7H2,1-4H3/t11-,15-,17-/m0/s1. The molecule has 1 aromatic rings. The maximum Gasteiger partial charge on any atom is 0.417 e. The highest BCUT2D eigenvalue weighted by atomic mass is 19.1. The van der Waals surface area contributed by atoms with Gasteiger partial charge in [-0.25, -0.2) is 18.5 Å². The Hall–Kier alpha value is -2.02. The van der Waals surface area contributed by atoms with E-state index >= 15 is 0 Å². The fourth-order valence-corrected chi connectivity index (χ4v) is 3.18. The van der Waals surface area contributed by atoms with Gasteiger partial charge in [-0.1, -0.05) is 6.92 Å². The van der Waals surface area contributed by atoms with E-state index in [4.69, 9.17) is 4.74 Å². The second kappa shape index (κ2) is 7.70. The molecule has 1 N–H and O–H groups in total. The first-order valence-electron chi connectivity index (χ1n) is 8.66. The van der Waals surface area contributed by atoms with E-state index in [9.17, 15) is 23.5 Å². The molecule has 1 aromatic carbocycles. The molecule has 3 atom stereocenters. The highest BCUT2D eigenvalue weighted by molar-refractivity contribution is 5.94. The van der Waals surface area contributed by atoms with Crippen LogP contribution in [0.1, 0.15) is 46.1 Å². The molecular formula is C19H25F2NO4. The van der Waals surface area contributed by atoms with E-state index in [0.717, 1.165) is 11.0 Å². The number of carbonyl (C=O) groups is 2. The van der Waals surface area contributed by atoms with Crippen molar-refractivity contribution in [3.05, 3.63) is 35.4 Å². The minimum atomic E-state index is -1.03. The van der Waals surface area contributed by atoms with Crippen molar-refractivity contribution in [3.63, 3.8) is 0 Å². The summed E-state index contributed by atoms with van der Waals surface area (Å²) in [5.41, 5.74) is -0.359. The van der Waals surface area contributed by atoms with Crippen molar-refractivity contribution in [1.82, 2.24) is 4.90 Å². The summed E-state index contributed by atoms with van der Waals surface area (Å²) < 4.78 is 31.9. The summed E-state index contributed by atoms with van der Waals surface area (Å²) in [6, 6.07) is 2.48. The van der Waals surface area contributed by atoms with Gasteiger partial charge in [-0.15, -0.1) is 0 Å². The van der Waals surface area contributed by atoms with Gasteiger partial charge in [0.1, 0.15) is 17.2 Å². The second-order valence-electron chi connectivity index (χ2n) is 7.80. The van der Waals surface area contributed by atoms with Crippen molar-refractivity contribution in [2.45, 2.75) is 64.7 Å². The molecule has 2 rings (SSSR count). The van der Waals surface area contributed by atoms with E-state index in [0.29, 0.717) is 12.0 Å². The Labute approximate surface area is 151 Å². The normalized spacial score (nSPS) is 20.2. The smallest absolute Gasteiger partial charge is 0.417 e. The van der Waals surface area contributed by atoms with Crippen molar-refractivity contribution < 1.29 is 28.2 Å². The molecule has 7 heteroatoms. The maximum absolute atomic E-state index is 13.3. The summed E-state index contributed by atoms with van der Waals surface area (Å²) in [6.45, 7) is 6.79. The van der Waals surface area contributed by atoms with Crippen LogP contribution in [0.2, 0.25) is 0 Å². The molecule has 0 aromatic heterocycles. The van der Waals surface area contributed by atoms with Crippen LogP contribution in [-0.2, 0) is 16.0 Å². The number of rotatable bonds is 4. The number of carbonyl (C=O) groups excluding carboxylic acids is 2. The number of benzene rings is 1. The molecule has 1 fully saturated rings. The molecule has 5 nitrogen and oxygen atoms in total. The molecule has 1 aliphatic heterocycles. The van der Waals surface area contributed by atoms with Gasteiger partial charge in [0.15, 0.2) is 0 Å². The van der Waals surface area contributed by atoms with Gasteiger partial charge in [-0.3, -0.25) is 4.79 Å². The minimum absolute atomic E-state index is 0.141. The molecule has 2 amide bonds. The highest BCUT2D eigenvalue weighted by Crippen LogP contribution is 2.28. The number of nitrogens with zero attached hydrogens (tertiary/aromatic N) is 1. The lowest BCUT2D eigenvalue weighted by molar-refractivity contribution is -0.129. The molecule has 0 saturated carbocycles. The van der Waals surface area contributed by atoms with Gasteiger partial charge in [0.25, 0.3) is 0 Å². The van der Waals surface area contributed by atoms with Crippen LogP contribution in [0.15, 0.2) is 18.2 Å². The Balaban J connectivity index is 2.11. The van der Waals surface area contributed by atoms with Crippen molar-refractivity contribution in [3.8, 4) is 0 Å². The zero-order valence-corrected chi connectivity index (χ0v) is 15.5. The van der Waals surface area contributed by atoms with Gasteiger partial charge < -0.3 is 9.84 Å². The Kier molecular flexibility index (Phi) is 6.01. The summed E-state index contributed by atoms with van der Waals surface area (Å²) in [7, 11) is 0. The van der Waals surface area contributed by atoms with Crippen LogP contribution in [0.5, 0.6) is 0 Å². The molecule has 144 valence electrons. The molecule has 1 aliphatic rings. The molecule has 0 bridgehead atoms. The predicted octanol–water partition coefficient (Wildman–Crippen LogP) is 3.43. The van der Waals surface area contributed by atoms with E-state index in [1.54, 1.807) is 27.7 Å². The Bertz CT molecular complexity index is 666. The number of hydrogen-bond donors (Lipinski definition) is 1. The third kappa shape index (κ3) is 5.00. The topological polar surface area (TPSA) is 66.8 Å². The lowest BCUT2D eigenvalue weighted by atomic mass is 9.90. The largest absolute Gasteiger partial charge is 0.443 e. The van der Waals surface area contributed by atoms with Gasteiger partial charge >= 0.3 is 6.09 Å². The number of aliphatic hydroxyl groups excluding tert-OH is 1. The van der Waals surface area contributed by atoms with Gasteiger partial charge in [0, 0.05) is 12.5 Å². The van der Waals surface area contributed by atoms with Gasteiger partial charge in [-0.05, 0) is 57.2 Å². The Morgan fingerprint density at radius 3 is 2.42 bits per heavy atom. The molecule has 0 spiro atoms. The third-order valence-corrected chi connectivity index (χ3v) is 4.30. The first-order chi connectivity index (χ1) is 12.0. The molecule has 0 aliphatic carbocycles. The number of hydrogen-bond acceptors (Lipinski definition) is 4. The molecule has 0 unspecified atom stereocenters. The summed E-state index contributed by atoms with van der Waals surface area (Å²) in [5, 5.41) is 10.7. The number of ether oxygens (including phenoxy) is 1. The van der Waals surface area contributed by atoms with Crippen LogP contribution in [-0.4, -0.2) is 39.8 Å². The zero-order chi connectivity index (χ0) is 19.6. The third-order valence-electron chi connectivity index (χ3n) is 4.30. The number of aliphatic hydroxyl groups is 1. The molecule has 26 heavy (non-hydrogen) atoms. The van der Waals surface area contributed by atoms with Crippen LogP contribution in [0.4, 0.5) is 13.6 Å². The summed E-state index contributed by atoms with van der Waals surface area (Å²) in [4.78, 5) is 25.4. The van der Waals surface area contributed by atoms with Crippen LogP contribution in [0.25, 0.3) is 0 Å². The van der Waals surface area contributed by atoms with Crippen LogP contribution >= 0.6 is 0 Å². The van der Waals surface area contributed by atoms with E-state index < -0.39 is 47.3 Å². The van der Waals surface area contributed by atoms with E-state index in [-0.39, 0.29) is 12.8 Å². The van der Waals surface area contributed by atoms with Crippen molar-refractivity contribution in [2.24, 2.45) is 5.92 Å². The van der Waals surface area contributed by atoms with Crippen LogP contribution in [0, 0.1) is 17.6 Å². The summed E-state index contributed by atoms with van der Waals surface area (Å²) >= 11 is 0. The van der Waals surface area contributed by atoms with Crippen molar-refractivity contribution in [2.75, 3.05) is 0 Å². The molecule has 1 heterocycles. The van der Waals surface area contributed by atoms with Crippen LogP contribution in [0.3, 0.4) is 0 Å². The zero-order valence-electron chi connectivity index (χ0n) is 15.5. The first-order valence-corrected chi connectivity index (χ1v) is 8.66. The summed E-state index contributed by atoms with van der Waals surface area (Å²) in [5.74, 6) is -2.19. The monoisotopic (exact) mass is 369 g/mol. The lowest BCUT2D eigenvalue weighted by Crippen LogP contribution is -2.49. The molecular weight excluding hydrogens is 344 g/mol.